The molecule has 0 saturated heterocycles. The zero-order valence-electron chi connectivity index (χ0n) is 15.9. The lowest BCUT2D eigenvalue weighted by Crippen LogP contribution is -2.44. The lowest BCUT2D eigenvalue weighted by Gasteiger charge is -2.49. The van der Waals surface area contributed by atoms with Gasteiger partial charge in [-0.1, -0.05) is 48.5 Å². The molecule has 0 spiro atoms. The van der Waals surface area contributed by atoms with Gasteiger partial charge in [0.1, 0.15) is 11.4 Å². The Balaban J connectivity index is 1.73. The highest BCUT2D eigenvalue weighted by molar-refractivity contribution is 9.09. The van der Waals surface area contributed by atoms with Crippen molar-refractivity contribution in [3.63, 3.8) is 0 Å². The maximum absolute atomic E-state index is 13.3. The van der Waals surface area contributed by atoms with Crippen LogP contribution in [-0.4, -0.2) is 28.2 Å². The van der Waals surface area contributed by atoms with Gasteiger partial charge in [0.25, 0.3) is 6.43 Å². The number of ketones is 1. The van der Waals surface area contributed by atoms with Crippen molar-refractivity contribution in [2.45, 2.75) is 89.6 Å². The first kappa shape index (κ1) is 20.7. The van der Waals surface area contributed by atoms with E-state index in [1.807, 2.05) is 0 Å². The second-order valence-electron chi connectivity index (χ2n) is 9.35. The Hall–Kier alpha value is -0.0300. The molecule has 0 radical (unpaired) electrons. The van der Waals surface area contributed by atoms with E-state index in [2.05, 4.69) is 22.9 Å². The maximum Gasteiger partial charge on any atom is 0.266 e. The zero-order valence-corrected chi connectivity index (χ0v) is 17.4. The minimum Gasteiger partial charge on any atom is -0.384 e. The quantitative estimate of drug-likeness (QED) is 0.574. The molecule has 6 unspecified atom stereocenters. The first-order valence-electron chi connectivity index (χ1n) is 10.4. The molecular weight excluding hydrogens is 402 g/mol. The molecule has 3 saturated carbocycles. The lowest BCUT2D eigenvalue weighted by atomic mass is 9.56. The van der Waals surface area contributed by atoms with Gasteiger partial charge < -0.3 is 5.11 Å². The molecule has 5 heteroatoms. The number of fused-ring (bicyclic) bond motifs is 3. The zero-order chi connectivity index (χ0) is 18.9. The summed E-state index contributed by atoms with van der Waals surface area (Å²) in [7, 11) is 0. The minimum absolute atomic E-state index is 0.125. The lowest BCUT2D eigenvalue weighted by molar-refractivity contribution is -0.126. The molecule has 0 aromatic rings. The van der Waals surface area contributed by atoms with E-state index in [9.17, 15) is 18.7 Å². The van der Waals surface area contributed by atoms with E-state index in [1.54, 1.807) is 0 Å². The van der Waals surface area contributed by atoms with Crippen LogP contribution in [0.5, 0.6) is 0 Å². The maximum atomic E-state index is 13.3. The standard InChI is InChI=1S/C21H33BrF2O2/c1-20-12-9-14-5-4-11-21(26,19(23)24)10-3-2-6-15(14)16(20)7-8-17(20)18(25)13-22/h14-17,19,26H,2-13H2,1H3. The van der Waals surface area contributed by atoms with Gasteiger partial charge in [-0.25, -0.2) is 8.78 Å². The van der Waals surface area contributed by atoms with E-state index in [0.29, 0.717) is 41.7 Å². The second kappa shape index (κ2) is 8.14. The van der Waals surface area contributed by atoms with Gasteiger partial charge in [-0.3, -0.25) is 4.79 Å². The molecule has 2 nitrogen and oxygen atoms in total. The molecule has 26 heavy (non-hydrogen) atoms. The second-order valence-corrected chi connectivity index (χ2v) is 9.91. The normalized spacial score (nSPS) is 44.4. The van der Waals surface area contributed by atoms with Gasteiger partial charge in [-0.2, -0.15) is 0 Å². The number of Topliss-reactive ketones (excluding diaryl/α,β-unsaturated/α-hetero) is 1. The summed E-state index contributed by atoms with van der Waals surface area (Å²) in [5, 5.41) is 10.7. The fraction of sp³-hybridized carbons (Fsp3) is 0.952. The van der Waals surface area contributed by atoms with Gasteiger partial charge in [0, 0.05) is 5.92 Å². The summed E-state index contributed by atoms with van der Waals surface area (Å²) in [6.45, 7) is 2.33. The van der Waals surface area contributed by atoms with Crippen LogP contribution in [0.4, 0.5) is 8.78 Å². The van der Waals surface area contributed by atoms with Crippen LogP contribution >= 0.6 is 15.9 Å². The van der Waals surface area contributed by atoms with Crippen molar-refractivity contribution in [3.05, 3.63) is 0 Å². The molecule has 3 aliphatic rings. The van der Waals surface area contributed by atoms with Crippen molar-refractivity contribution in [3.8, 4) is 0 Å². The summed E-state index contributed by atoms with van der Waals surface area (Å²) in [5.74, 6) is 2.34. The summed E-state index contributed by atoms with van der Waals surface area (Å²) in [6, 6.07) is 0. The average molecular weight is 435 g/mol. The van der Waals surface area contributed by atoms with Crippen molar-refractivity contribution >= 4 is 21.7 Å². The van der Waals surface area contributed by atoms with Gasteiger partial charge in [-0.15, -0.1) is 0 Å². The van der Waals surface area contributed by atoms with Crippen molar-refractivity contribution in [2.24, 2.45) is 29.1 Å². The molecule has 0 heterocycles. The van der Waals surface area contributed by atoms with Crippen LogP contribution in [0.3, 0.4) is 0 Å². The SMILES string of the molecule is CC12CCC3CCCC(O)(C(F)F)CCCCC3C1CCC2C(=O)CBr. The molecular formula is C21H33BrF2O2. The molecule has 3 aliphatic carbocycles. The summed E-state index contributed by atoms with van der Waals surface area (Å²) in [6.07, 6.45) is 6.45. The molecule has 0 aromatic heterocycles. The Morgan fingerprint density at radius 2 is 1.81 bits per heavy atom. The van der Waals surface area contributed by atoms with Gasteiger partial charge in [0.2, 0.25) is 0 Å². The summed E-state index contributed by atoms with van der Waals surface area (Å²) >= 11 is 3.36. The van der Waals surface area contributed by atoms with Gasteiger partial charge in [0.05, 0.1) is 5.33 Å². The summed E-state index contributed by atoms with van der Waals surface area (Å²) in [5.41, 5.74) is -1.66. The Morgan fingerprint density at radius 1 is 1.08 bits per heavy atom. The Labute approximate surface area is 164 Å². The molecule has 6 atom stereocenters. The van der Waals surface area contributed by atoms with E-state index in [1.165, 1.54) is 0 Å². The first-order chi connectivity index (χ1) is 12.3. The van der Waals surface area contributed by atoms with Gasteiger partial charge in [0.15, 0.2) is 0 Å². The minimum atomic E-state index is -2.64. The summed E-state index contributed by atoms with van der Waals surface area (Å²) in [4.78, 5) is 12.4. The van der Waals surface area contributed by atoms with E-state index >= 15 is 0 Å². The fourth-order valence-electron chi connectivity index (χ4n) is 6.61. The Morgan fingerprint density at radius 3 is 2.50 bits per heavy atom. The monoisotopic (exact) mass is 434 g/mol. The van der Waals surface area contributed by atoms with Crippen molar-refractivity contribution in [1.29, 1.82) is 0 Å². The third-order valence-electron chi connectivity index (χ3n) is 8.09. The number of aliphatic hydroxyl groups is 1. The molecule has 0 bridgehead atoms. The van der Waals surface area contributed by atoms with Gasteiger partial charge >= 0.3 is 0 Å². The largest absolute Gasteiger partial charge is 0.384 e. The van der Waals surface area contributed by atoms with Crippen molar-refractivity contribution < 1.29 is 18.7 Å². The summed E-state index contributed by atoms with van der Waals surface area (Å²) < 4.78 is 26.6. The van der Waals surface area contributed by atoms with Crippen molar-refractivity contribution in [1.82, 2.24) is 0 Å². The molecule has 0 aliphatic heterocycles. The fourth-order valence-corrected chi connectivity index (χ4v) is 7.00. The molecule has 0 aromatic carbocycles. The highest BCUT2D eigenvalue weighted by Gasteiger charge is 2.55. The van der Waals surface area contributed by atoms with Gasteiger partial charge in [-0.05, 0) is 68.1 Å². The Bertz CT molecular complexity index is 514. The van der Waals surface area contributed by atoms with Crippen LogP contribution in [-0.2, 0) is 4.79 Å². The third kappa shape index (κ3) is 3.76. The van der Waals surface area contributed by atoms with E-state index in [4.69, 9.17) is 0 Å². The van der Waals surface area contributed by atoms with Crippen molar-refractivity contribution in [2.75, 3.05) is 5.33 Å². The average Bonchev–Trinajstić information content (AvgIpc) is 2.96. The molecule has 1 N–H and O–H groups in total. The van der Waals surface area contributed by atoms with Crippen LogP contribution in [0.25, 0.3) is 0 Å². The van der Waals surface area contributed by atoms with Crippen LogP contribution in [0.15, 0.2) is 0 Å². The van der Waals surface area contributed by atoms with E-state index < -0.39 is 12.0 Å². The molecule has 3 fully saturated rings. The van der Waals surface area contributed by atoms with Crippen LogP contribution in [0.2, 0.25) is 0 Å². The third-order valence-corrected chi connectivity index (χ3v) is 8.65. The predicted octanol–water partition coefficient (Wildman–Crippen LogP) is 5.75. The number of rotatable bonds is 3. The number of hydrogen-bond donors (Lipinski definition) is 1. The number of alkyl halides is 3. The van der Waals surface area contributed by atoms with Crippen LogP contribution < -0.4 is 0 Å². The predicted molar refractivity (Wildman–Crippen MR) is 103 cm³/mol. The van der Waals surface area contributed by atoms with Crippen LogP contribution in [0, 0.1) is 29.1 Å². The molecule has 150 valence electrons. The van der Waals surface area contributed by atoms with E-state index in [-0.39, 0.29) is 24.2 Å². The topological polar surface area (TPSA) is 37.3 Å². The highest BCUT2D eigenvalue weighted by atomic mass is 79.9. The highest BCUT2D eigenvalue weighted by Crippen LogP contribution is 2.61. The first-order valence-corrected chi connectivity index (χ1v) is 11.5. The smallest absolute Gasteiger partial charge is 0.266 e. The molecule has 0 amide bonds. The Kier molecular flexibility index (Phi) is 6.48. The number of hydrogen-bond acceptors (Lipinski definition) is 2. The number of carbonyl (C=O) groups excluding carboxylic acids is 1. The number of carbonyl (C=O) groups is 1. The number of halogens is 3. The van der Waals surface area contributed by atoms with Crippen LogP contribution in [0.1, 0.15) is 77.6 Å². The molecule has 3 rings (SSSR count). The van der Waals surface area contributed by atoms with E-state index in [0.717, 1.165) is 44.9 Å².